The number of carboxylic acids is 1. The Morgan fingerprint density at radius 2 is 2.15 bits per heavy atom. The Hall–Kier alpha value is -1.66. The Kier molecular flexibility index (Phi) is 5.47. The summed E-state index contributed by atoms with van der Waals surface area (Å²) >= 11 is 5.76. The van der Waals surface area contributed by atoms with E-state index in [1.54, 1.807) is 6.07 Å². The zero-order chi connectivity index (χ0) is 15.3. The fourth-order valence-electron chi connectivity index (χ4n) is 1.31. The number of nitrogens with zero attached hydrogens (tertiary/aromatic N) is 1. The minimum atomic E-state index is -3.98. The fourth-order valence-corrected chi connectivity index (χ4v) is 2.88. The fraction of sp³-hybridized carbons (Fsp3) is 0.273. The highest BCUT2D eigenvalue weighted by Gasteiger charge is 2.20. The molecule has 0 aliphatic carbocycles. The van der Waals surface area contributed by atoms with Gasteiger partial charge < -0.3 is 10.2 Å². The minimum Gasteiger partial charge on any atom is -0.479 e. The Balaban J connectivity index is 2.85. The lowest BCUT2D eigenvalue weighted by Crippen LogP contribution is -2.30. The normalized spacial score (nSPS) is 12.7. The Bertz CT molecular complexity index is 653. The van der Waals surface area contributed by atoms with Crippen molar-refractivity contribution in [1.29, 1.82) is 5.26 Å². The highest BCUT2D eigenvalue weighted by Crippen LogP contribution is 2.22. The molecule has 20 heavy (non-hydrogen) atoms. The summed E-state index contributed by atoms with van der Waals surface area (Å²) in [5, 5.41) is 26.1. The third kappa shape index (κ3) is 4.18. The summed E-state index contributed by atoms with van der Waals surface area (Å²) in [5.41, 5.74) is 0.125. The van der Waals surface area contributed by atoms with Crippen LogP contribution >= 0.6 is 11.6 Å². The maximum absolute atomic E-state index is 11.9. The predicted molar refractivity (Wildman–Crippen MR) is 69.6 cm³/mol. The molecule has 0 unspecified atom stereocenters. The number of aliphatic hydroxyl groups excluding tert-OH is 1. The molecule has 0 saturated carbocycles. The van der Waals surface area contributed by atoms with Crippen molar-refractivity contribution in [2.24, 2.45) is 0 Å². The van der Waals surface area contributed by atoms with Crippen molar-refractivity contribution >= 4 is 27.6 Å². The van der Waals surface area contributed by atoms with E-state index in [1.807, 2.05) is 0 Å². The molecule has 1 aromatic rings. The van der Waals surface area contributed by atoms with Gasteiger partial charge in [0.25, 0.3) is 0 Å². The van der Waals surface area contributed by atoms with Crippen molar-refractivity contribution in [3.8, 4) is 6.07 Å². The van der Waals surface area contributed by atoms with Crippen LogP contribution in [0.25, 0.3) is 0 Å². The first-order valence-corrected chi connectivity index (χ1v) is 7.24. The largest absolute Gasteiger partial charge is 0.479 e. The zero-order valence-corrected chi connectivity index (χ0v) is 11.6. The first kappa shape index (κ1) is 16.4. The van der Waals surface area contributed by atoms with Gasteiger partial charge in [0.05, 0.1) is 16.7 Å². The molecule has 0 fully saturated rings. The van der Waals surface area contributed by atoms with Crippen molar-refractivity contribution in [3.05, 3.63) is 28.8 Å². The van der Waals surface area contributed by atoms with Crippen molar-refractivity contribution in [3.63, 3.8) is 0 Å². The zero-order valence-electron chi connectivity index (χ0n) is 10.1. The van der Waals surface area contributed by atoms with Crippen molar-refractivity contribution in [2.75, 3.05) is 6.54 Å². The van der Waals surface area contributed by atoms with Crippen LogP contribution < -0.4 is 4.72 Å². The lowest BCUT2D eigenvalue weighted by molar-refractivity contribution is -0.146. The van der Waals surface area contributed by atoms with Crippen molar-refractivity contribution < 1.29 is 23.4 Å². The molecular weight excluding hydrogens is 308 g/mol. The maximum atomic E-state index is 11.9. The number of hydrogen-bond acceptors (Lipinski definition) is 5. The van der Waals surface area contributed by atoms with Gasteiger partial charge in [-0.2, -0.15) is 5.26 Å². The van der Waals surface area contributed by atoms with E-state index in [-0.39, 0.29) is 28.4 Å². The van der Waals surface area contributed by atoms with E-state index in [1.165, 1.54) is 12.1 Å². The van der Waals surface area contributed by atoms with Gasteiger partial charge in [-0.1, -0.05) is 11.6 Å². The molecule has 0 bridgehead atoms. The average Bonchev–Trinajstić information content (AvgIpc) is 2.38. The summed E-state index contributed by atoms with van der Waals surface area (Å²) in [6.07, 6.45) is -1.94. The van der Waals surface area contributed by atoms with Gasteiger partial charge in [0, 0.05) is 6.54 Å². The van der Waals surface area contributed by atoms with Gasteiger partial charge in [-0.3, -0.25) is 0 Å². The van der Waals surface area contributed by atoms with E-state index in [2.05, 4.69) is 4.72 Å². The molecule has 7 nitrogen and oxygen atoms in total. The van der Waals surface area contributed by atoms with Crippen LogP contribution in [0.15, 0.2) is 23.1 Å². The number of carbonyl (C=O) groups is 1. The predicted octanol–water partition coefficient (Wildman–Crippen LogP) is 0.326. The molecule has 108 valence electrons. The molecule has 0 radical (unpaired) electrons. The molecule has 0 heterocycles. The van der Waals surface area contributed by atoms with Gasteiger partial charge in [-0.05, 0) is 24.6 Å². The van der Waals surface area contributed by atoms with E-state index < -0.39 is 22.1 Å². The minimum absolute atomic E-state index is 0.0599. The van der Waals surface area contributed by atoms with Crippen LogP contribution in [0.3, 0.4) is 0 Å². The Morgan fingerprint density at radius 1 is 1.50 bits per heavy atom. The molecule has 0 aliphatic heterocycles. The second-order valence-electron chi connectivity index (χ2n) is 3.80. The third-order valence-electron chi connectivity index (χ3n) is 2.34. The summed E-state index contributed by atoms with van der Waals surface area (Å²) in [6.45, 7) is -0.275. The van der Waals surface area contributed by atoms with Gasteiger partial charge in [0.1, 0.15) is 4.90 Å². The molecule has 3 N–H and O–H groups in total. The maximum Gasteiger partial charge on any atom is 0.332 e. The summed E-state index contributed by atoms with van der Waals surface area (Å²) in [7, 11) is -3.98. The lowest BCUT2D eigenvalue weighted by Gasteiger charge is -2.09. The molecule has 0 aliphatic rings. The molecule has 1 rings (SSSR count). The second-order valence-corrected chi connectivity index (χ2v) is 5.94. The monoisotopic (exact) mass is 318 g/mol. The number of halogens is 1. The topological polar surface area (TPSA) is 127 Å². The molecule has 1 aromatic carbocycles. The highest BCUT2D eigenvalue weighted by atomic mass is 35.5. The van der Waals surface area contributed by atoms with Crippen LogP contribution in [-0.2, 0) is 14.8 Å². The molecule has 0 saturated heterocycles. The number of nitrogens with one attached hydrogen (secondary N) is 1. The average molecular weight is 319 g/mol. The molecule has 0 aromatic heterocycles. The van der Waals surface area contributed by atoms with Crippen LogP contribution in [0.1, 0.15) is 12.0 Å². The standard InChI is InChI=1S/C11H11ClN2O5S/c12-8-2-1-7(6-13)5-10(8)20(18,19)14-4-3-9(15)11(16)17/h1-2,5,9,14-15H,3-4H2,(H,16,17)/t9-/m0/s1. The molecule has 9 heteroatoms. The Labute approximate surface area is 120 Å². The highest BCUT2D eigenvalue weighted by molar-refractivity contribution is 7.89. The third-order valence-corrected chi connectivity index (χ3v) is 4.29. The van der Waals surface area contributed by atoms with Gasteiger partial charge in [0.2, 0.25) is 10.0 Å². The number of nitriles is 1. The number of aliphatic carboxylic acids is 1. The van der Waals surface area contributed by atoms with Gasteiger partial charge in [-0.15, -0.1) is 0 Å². The second kappa shape index (κ2) is 6.67. The van der Waals surface area contributed by atoms with Gasteiger partial charge in [-0.25, -0.2) is 17.9 Å². The van der Waals surface area contributed by atoms with Crippen LogP contribution in [0.4, 0.5) is 0 Å². The quantitative estimate of drug-likeness (QED) is 0.693. The lowest BCUT2D eigenvalue weighted by atomic mass is 10.2. The first-order chi connectivity index (χ1) is 9.27. The van der Waals surface area contributed by atoms with E-state index in [9.17, 15) is 13.2 Å². The summed E-state index contributed by atoms with van der Waals surface area (Å²) in [6, 6.07) is 5.55. The summed E-state index contributed by atoms with van der Waals surface area (Å²) in [5.74, 6) is -1.44. The summed E-state index contributed by atoms with van der Waals surface area (Å²) in [4.78, 5) is 10.1. The number of benzene rings is 1. The van der Waals surface area contributed by atoms with Crippen LogP contribution in [0, 0.1) is 11.3 Å². The SMILES string of the molecule is N#Cc1ccc(Cl)c(S(=O)(=O)NCC[C@H](O)C(=O)O)c1. The smallest absolute Gasteiger partial charge is 0.332 e. The molecule has 0 amide bonds. The number of hydrogen-bond donors (Lipinski definition) is 3. The van der Waals surface area contributed by atoms with E-state index in [0.29, 0.717) is 0 Å². The van der Waals surface area contributed by atoms with Gasteiger partial charge >= 0.3 is 5.97 Å². The number of carboxylic acid groups (broad SMARTS) is 1. The van der Waals surface area contributed by atoms with E-state index >= 15 is 0 Å². The Morgan fingerprint density at radius 3 is 2.70 bits per heavy atom. The number of sulfonamides is 1. The molecule has 0 spiro atoms. The van der Waals surface area contributed by atoms with Crippen LogP contribution in [-0.4, -0.2) is 37.2 Å². The number of rotatable bonds is 6. The number of aliphatic hydroxyl groups is 1. The van der Waals surface area contributed by atoms with Crippen LogP contribution in [0.5, 0.6) is 0 Å². The van der Waals surface area contributed by atoms with Crippen LogP contribution in [0.2, 0.25) is 5.02 Å². The van der Waals surface area contributed by atoms with E-state index in [0.717, 1.165) is 6.07 Å². The first-order valence-electron chi connectivity index (χ1n) is 5.38. The van der Waals surface area contributed by atoms with Crippen molar-refractivity contribution in [2.45, 2.75) is 17.4 Å². The van der Waals surface area contributed by atoms with Crippen molar-refractivity contribution in [1.82, 2.24) is 4.72 Å². The molecule has 1 atom stereocenters. The van der Waals surface area contributed by atoms with E-state index in [4.69, 9.17) is 27.1 Å². The molecular formula is C11H11ClN2O5S. The van der Waals surface area contributed by atoms with Gasteiger partial charge in [0.15, 0.2) is 6.10 Å². The summed E-state index contributed by atoms with van der Waals surface area (Å²) < 4.78 is 26.0.